The monoisotopic (exact) mass is 357 g/mol. The number of sulfonamides is 1. The highest BCUT2D eigenvalue weighted by Gasteiger charge is 2.57. The number of carbonyl (C=O) groups is 2. The molecule has 3 heterocycles. The molecule has 3 saturated heterocycles. The molecule has 0 unspecified atom stereocenters. The van der Waals surface area contributed by atoms with Gasteiger partial charge in [-0.2, -0.15) is 4.31 Å². The molecule has 3 rings (SSSR count). The third-order valence-corrected chi connectivity index (χ3v) is 7.24. The third-order valence-electron chi connectivity index (χ3n) is 5.95. The van der Waals surface area contributed by atoms with Crippen LogP contribution >= 0.6 is 0 Å². The van der Waals surface area contributed by atoms with Crippen molar-refractivity contribution < 1.29 is 18.0 Å². The summed E-state index contributed by atoms with van der Waals surface area (Å²) < 4.78 is 25.9. The van der Waals surface area contributed by atoms with Crippen LogP contribution in [0.4, 0.5) is 0 Å². The first-order valence-corrected chi connectivity index (χ1v) is 10.6. The van der Waals surface area contributed by atoms with Crippen LogP contribution in [0.1, 0.15) is 39.0 Å². The molecule has 2 amide bonds. The molecule has 0 aromatic rings. The van der Waals surface area contributed by atoms with Gasteiger partial charge in [0.2, 0.25) is 21.8 Å². The van der Waals surface area contributed by atoms with Gasteiger partial charge in [-0.1, -0.05) is 0 Å². The van der Waals surface area contributed by atoms with Crippen molar-refractivity contribution in [2.75, 3.05) is 39.0 Å². The Hall–Kier alpha value is -1.15. The molecule has 0 saturated carbocycles. The molecule has 2 atom stereocenters. The molecule has 8 heteroatoms. The van der Waals surface area contributed by atoms with Crippen LogP contribution in [-0.4, -0.2) is 79.4 Å². The van der Waals surface area contributed by atoms with E-state index in [-0.39, 0.29) is 17.9 Å². The first-order chi connectivity index (χ1) is 11.3. The minimum Gasteiger partial charge on any atom is -0.343 e. The molecule has 3 aliphatic heterocycles. The van der Waals surface area contributed by atoms with E-state index in [1.165, 1.54) is 17.5 Å². The minimum absolute atomic E-state index is 0.00958. The number of fused-ring (bicyclic) bond motifs is 1. The van der Waals surface area contributed by atoms with Crippen LogP contribution in [-0.2, 0) is 19.6 Å². The van der Waals surface area contributed by atoms with Crippen LogP contribution < -0.4 is 0 Å². The lowest BCUT2D eigenvalue weighted by molar-refractivity contribution is -0.142. The highest BCUT2D eigenvalue weighted by molar-refractivity contribution is 7.88. The zero-order valence-corrected chi connectivity index (χ0v) is 15.3. The largest absolute Gasteiger partial charge is 0.343 e. The van der Waals surface area contributed by atoms with Crippen molar-refractivity contribution in [1.29, 1.82) is 0 Å². The van der Waals surface area contributed by atoms with Gasteiger partial charge in [0.25, 0.3) is 0 Å². The van der Waals surface area contributed by atoms with Gasteiger partial charge in [-0.05, 0) is 32.1 Å². The average molecular weight is 357 g/mol. The number of carbonyl (C=O) groups excluding carboxylic acids is 2. The molecule has 0 radical (unpaired) electrons. The molecular formula is C16H27N3O4S. The first-order valence-electron chi connectivity index (χ1n) is 8.77. The van der Waals surface area contributed by atoms with E-state index in [1.807, 2.05) is 4.90 Å². The van der Waals surface area contributed by atoms with E-state index >= 15 is 0 Å². The van der Waals surface area contributed by atoms with Crippen LogP contribution in [0.3, 0.4) is 0 Å². The lowest BCUT2D eigenvalue weighted by atomic mass is 9.75. The molecule has 0 aliphatic carbocycles. The molecule has 0 N–H and O–H groups in total. The Balaban J connectivity index is 1.95. The van der Waals surface area contributed by atoms with Gasteiger partial charge < -0.3 is 9.80 Å². The SMILES string of the molecule is CC(=O)N1CC[C@@H]2N(S(C)(=O)=O)CC[C@]2(C(=O)N2CCCC2)CC1. The number of hydrogen-bond donors (Lipinski definition) is 0. The summed E-state index contributed by atoms with van der Waals surface area (Å²) in [4.78, 5) is 28.7. The van der Waals surface area contributed by atoms with E-state index in [2.05, 4.69) is 0 Å². The molecule has 3 aliphatic rings. The van der Waals surface area contributed by atoms with Crippen LogP contribution in [0.2, 0.25) is 0 Å². The van der Waals surface area contributed by atoms with Crippen molar-refractivity contribution >= 4 is 21.8 Å². The van der Waals surface area contributed by atoms with Crippen molar-refractivity contribution in [2.24, 2.45) is 5.41 Å². The zero-order chi connectivity index (χ0) is 17.5. The van der Waals surface area contributed by atoms with Crippen LogP contribution in [0.25, 0.3) is 0 Å². The van der Waals surface area contributed by atoms with Crippen molar-refractivity contribution in [2.45, 2.75) is 45.1 Å². The number of amides is 2. The minimum atomic E-state index is -3.36. The Morgan fingerprint density at radius 2 is 1.58 bits per heavy atom. The molecule has 0 aromatic carbocycles. The highest BCUT2D eigenvalue weighted by atomic mass is 32.2. The maximum atomic E-state index is 13.3. The number of nitrogens with zero attached hydrogens (tertiary/aromatic N) is 3. The molecule has 0 bridgehead atoms. The fourth-order valence-corrected chi connectivity index (χ4v) is 5.84. The Bertz CT molecular complexity index is 629. The van der Waals surface area contributed by atoms with Crippen molar-refractivity contribution in [1.82, 2.24) is 14.1 Å². The maximum Gasteiger partial charge on any atom is 0.230 e. The van der Waals surface area contributed by atoms with Gasteiger partial charge in [0.1, 0.15) is 0 Å². The molecule has 3 fully saturated rings. The normalized spacial score (nSPS) is 31.8. The fraction of sp³-hybridized carbons (Fsp3) is 0.875. The average Bonchev–Trinajstić information content (AvgIpc) is 3.11. The van der Waals surface area contributed by atoms with Gasteiger partial charge in [0, 0.05) is 45.7 Å². The Labute approximate surface area is 144 Å². The van der Waals surface area contributed by atoms with E-state index < -0.39 is 15.4 Å². The third kappa shape index (κ3) is 2.94. The number of rotatable bonds is 2. The summed E-state index contributed by atoms with van der Waals surface area (Å²) in [5.41, 5.74) is -0.669. The summed E-state index contributed by atoms with van der Waals surface area (Å²) in [6.07, 6.45) is 4.90. The van der Waals surface area contributed by atoms with Crippen LogP contribution in [0, 0.1) is 5.41 Å². The van der Waals surface area contributed by atoms with Gasteiger partial charge in [0.05, 0.1) is 11.7 Å². The smallest absolute Gasteiger partial charge is 0.230 e. The van der Waals surface area contributed by atoms with E-state index in [4.69, 9.17) is 0 Å². The van der Waals surface area contributed by atoms with Gasteiger partial charge in [0.15, 0.2) is 0 Å². The van der Waals surface area contributed by atoms with Gasteiger partial charge >= 0.3 is 0 Å². The standard InChI is InChI=1S/C16H27N3O4S/c1-13(20)17-10-5-14-16(6-11-17,7-12-19(14)24(2,22)23)15(21)18-8-3-4-9-18/h14H,3-12H2,1-2H3/t14-,16+/m0/s1. The summed E-state index contributed by atoms with van der Waals surface area (Å²) in [5.74, 6) is 0.0891. The summed E-state index contributed by atoms with van der Waals surface area (Å²) in [6, 6.07) is -0.329. The Morgan fingerprint density at radius 1 is 0.958 bits per heavy atom. The topological polar surface area (TPSA) is 78.0 Å². The van der Waals surface area contributed by atoms with E-state index in [1.54, 1.807) is 4.90 Å². The Kier molecular flexibility index (Phi) is 4.63. The zero-order valence-electron chi connectivity index (χ0n) is 14.5. The molecule has 24 heavy (non-hydrogen) atoms. The summed E-state index contributed by atoms with van der Waals surface area (Å²) >= 11 is 0. The van der Waals surface area contributed by atoms with Crippen molar-refractivity contribution in [3.05, 3.63) is 0 Å². The van der Waals surface area contributed by atoms with E-state index in [0.29, 0.717) is 38.9 Å². The number of likely N-dealkylation sites (tertiary alicyclic amines) is 2. The van der Waals surface area contributed by atoms with Crippen molar-refractivity contribution in [3.8, 4) is 0 Å². The summed E-state index contributed by atoms with van der Waals surface area (Å²) in [7, 11) is -3.36. The maximum absolute atomic E-state index is 13.3. The second-order valence-electron chi connectivity index (χ2n) is 7.34. The molecule has 7 nitrogen and oxygen atoms in total. The lowest BCUT2D eigenvalue weighted by Crippen LogP contribution is -2.51. The Morgan fingerprint density at radius 3 is 2.17 bits per heavy atom. The molecule has 0 aromatic heterocycles. The highest BCUT2D eigenvalue weighted by Crippen LogP contribution is 2.46. The second-order valence-corrected chi connectivity index (χ2v) is 9.27. The van der Waals surface area contributed by atoms with Gasteiger partial charge in [-0.3, -0.25) is 9.59 Å². The number of hydrogen-bond acceptors (Lipinski definition) is 4. The van der Waals surface area contributed by atoms with Gasteiger partial charge in [-0.25, -0.2) is 8.42 Å². The van der Waals surface area contributed by atoms with Gasteiger partial charge in [-0.15, -0.1) is 0 Å². The molecule has 0 spiro atoms. The van der Waals surface area contributed by atoms with Crippen LogP contribution in [0.15, 0.2) is 0 Å². The predicted molar refractivity (Wildman–Crippen MR) is 89.7 cm³/mol. The van der Waals surface area contributed by atoms with Crippen molar-refractivity contribution in [3.63, 3.8) is 0 Å². The second kappa shape index (κ2) is 6.29. The predicted octanol–water partition coefficient (Wildman–Crippen LogP) is 0.271. The fourth-order valence-electron chi connectivity index (χ4n) is 4.65. The quantitative estimate of drug-likeness (QED) is 0.711. The molecule has 136 valence electrons. The summed E-state index contributed by atoms with van der Waals surface area (Å²) in [6.45, 7) is 4.52. The van der Waals surface area contributed by atoms with E-state index in [9.17, 15) is 18.0 Å². The summed E-state index contributed by atoms with van der Waals surface area (Å²) in [5, 5.41) is 0. The first kappa shape index (κ1) is 17.7. The molecular weight excluding hydrogens is 330 g/mol. The van der Waals surface area contributed by atoms with Crippen LogP contribution in [0.5, 0.6) is 0 Å². The van der Waals surface area contributed by atoms with E-state index in [0.717, 1.165) is 25.9 Å². The lowest BCUT2D eigenvalue weighted by Gasteiger charge is -2.37.